The first kappa shape index (κ1) is 14.9. The third kappa shape index (κ3) is 3.73. The topological polar surface area (TPSA) is 12.0 Å². The van der Waals surface area contributed by atoms with Gasteiger partial charge in [-0.05, 0) is 54.8 Å². The Labute approximate surface area is 122 Å². The molecule has 4 atom stereocenters. The molecule has 0 radical (unpaired) electrons. The lowest BCUT2D eigenvalue weighted by Crippen LogP contribution is -2.33. The minimum Gasteiger partial charge on any atom is -0.310 e. The fourth-order valence-corrected chi connectivity index (χ4v) is 3.57. The molecule has 1 N–H and O–H groups in total. The van der Waals surface area contributed by atoms with E-state index < -0.39 is 0 Å². The maximum atomic E-state index is 6.15. The maximum absolute atomic E-state index is 6.15. The van der Waals surface area contributed by atoms with Crippen molar-refractivity contribution in [2.75, 3.05) is 6.54 Å². The predicted octanol–water partition coefficient (Wildman–Crippen LogP) is 5.06. The SMILES string of the molecule is CCNC(c1cccc(Cl)c1)C1CCC(C)C(C)C1. The maximum Gasteiger partial charge on any atom is 0.0409 e. The average Bonchev–Trinajstić information content (AvgIpc) is 2.39. The van der Waals surface area contributed by atoms with Gasteiger partial charge in [0.25, 0.3) is 0 Å². The van der Waals surface area contributed by atoms with E-state index in [-0.39, 0.29) is 0 Å². The third-order valence-electron chi connectivity index (χ3n) is 4.74. The van der Waals surface area contributed by atoms with E-state index in [0.29, 0.717) is 6.04 Å². The summed E-state index contributed by atoms with van der Waals surface area (Å²) in [6, 6.07) is 8.81. The van der Waals surface area contributed by atoms with Crippen molar-refractivity contribution >= 4 is 11.6 Å². The van der Waals surface area contributed by atoms with Gasteiger partial charge in [0.05, 0.1) is 0 Å². The molecule has 1 saturated carbocycles. The Morgan fingerprint density at radius 2 is 2.05 bits per heavy atom. The largest absolute Gasteiger partial charge is 0.310 e. The van der Waals surface area contributed by atoms with Crippen LogP contribution in [0.25, 0.3) is 0 Å². The first-order chi connectivity index (χ1) is 9.11. The highest BCUT2D eigenvalue weighted by atomic mass is 35.5. The molecule has 1 aromatic carbocycles. The molecule has 0 amide bonds. The Bertz CT molecular complexity index is 404. The molecule has 0 bridgehead atoms. The average molecular weight is 280 g/mol. The Hall–Kier alpha value is -0.530. The molecule has 2 rings (SSSR count). The van der Waals surface area contributed by atoms with Crippen LogP contribution in [0.1, 0.15) is 51.6 Å². The fourth-order valence-electron chi connectivity index (χ4n) is 3.37. The van der Waals surface area contributed by atoms with Crippen LogP contribution in [-0.4, -0.2) is 6.54 Å². The van der Waals surface area contributed by atoms with Crippen molar-refractivity contribution in [3.05, 3.63) is 34.9 Å². The number of rotatable bonds is 4. The second kappa shape index (κ2) is 6.76. The van der Waals surface area contributed by atoms with E-state index >= 15 is 0 Å². The lowest BCUT2D eigenvalue weighted by molar-refractivity contribution is 0.172. The fraction of sp³-hybridized carbons (Fsp3) is 0.647. The zero-order valence-electron chi connectivity index (χ0n) is 12.3. The number of benzene rings is 1. The highest BCUT2D eigenvalue weighted by Gasteiger charge is 2.30. The summed E-state index contributed by atoms with van der Waals surface area (Å²) in [6.07, 6.45) is 4.01. The molecule has 1 fully saturated rings. The van der Waals surface area contributed by atoms with Crippen LogP contribution in [0.2, 0.25) is 5.02 Å². The molecular weight excluding hydrogens is 254 g/mol. The second-order valence-electron chi connectivity index (χ2n) is 6.12. The van der Waals surface area contributed by atoms with Crippen LogP contribution in [0.5, 0.6) is 0 Å². The Balaban J connectivity index is 2.16. The Morgan fingerprint density at radius 1 is 1.26 bits per heavy atom. The zero-order valence-corrected chi connectivity index (χ0v) is 13.1. The standard InChI is InChI=1S/C17H26ClN/c1-4-19-17(14-6-5-7-16(18)11-14)15-9-8-12(2)13(3)10-15/h5-7,11-13,15,17,19H,4,8-10H2,1-3H3. The first-order valence-corrected chi connectivity index (χ1v) is 7.98. The van der Waals surface area contributed by atoms with Gasteiger partial charge in [0.15, 0.2) is 0 Å². The number of hydrogen-bond acceptors (Lipinski definition) is 1. The van der Waals surface area contributed by atoms with Crippen LogP contribution in [0, 0.1) is 17.8 Å². The molecule has 0 aromatic heterocycles. The summed E-state index contributed by atoms with van der Waals surface area (Å²) in [4.78, 5) is 0. The predicted molar refractivity (Wildman–Crippen MR) is 83.5 cm³/mol. The van der Waals surface area contributed by atoms with E-state index in [1.807, 2.05) is 6.07 Å². The normalized spacial score (nSPS) is 29.2. The highest BCUT2D eigenvalue weighted by molar-refractivity contribution is 6.30. The van der Waals surface area contributed by atoms with Crippen molar-refractivity contribution in [3.63, 3.8) is 0 Å². The summed E-state index contributed by atoms with van der Waals surface area (Å²) in [6.45, 7) is 7.99. The van der Waals surface area contributed by atoms with Gasteiger partial charge in [-0.25, -0.2) is 0 Å². The third-order valence-corrected chi connectivity index (χ3v) is 4.98. The Morgan fingerprint density at radius 3 is 2.68 bits per heavy atom. The smallest absolute Gasteiger partial charge is 0.0409 e. The molecule has 0 heterocycles. The van der Waals surface area contributed by atoms with Crippen LogP contribution < -0.4 is 5.32 Å². The van der Waals surface area contributed by atoms with E-state index in [9.17, 15) is 0 Å². The van der Waals surface area contributed by atoms with Crippen LogP contribution in [0.15, 0.2) is 24.3 Å². The summed E-state index contributed by atoms with van der Waals surface area (Å²) in [5, 5.41) is 4.52. The first-order valence-electron chi connectivity index (χ1n) is 7.60. The van der Waals surface area contributed by atoms with Crippen LogP contribution in [-0.2, 0) is 0 Å². The van der Waals surface area contributed by atoms with Crippen molar-refractivity contribution in [1.29, 1.82) is 0 Å². The molecule has 2 heteroatoms. The number of nitrogens with one attached hydrogen (secondary N) is 1. The van der Waals surface area contributed by atoms with Crippen molar-refractivity contribution in [2.45, 2.75) is 46.1 Å². The van der Waals surface area contributed by atoms with Gasteiger partial charge >= 0.3 is 0 Å². The van der Waals surface area contributed by atoms with E-state index in [4.69, 9.17) is 11.6 Å². The molecule has 106 valence electrons. The van der Waals surface area contributed by atoms with Crippen molar-refractivity contribution < 1.29 is 0 Å². The summed E-state index contributed by atoms with van der Waals surface area (Å²) in [5.74, 6) is 2.45. The van der Waals surface area contributed by atoms with Gasteiger partial charge in [0.2, 0.25) is 0 Å². The second-order valence-corrected chi connectivity index (χ2v) is 6.55. The molecule has 0 spiro atoms. The van der Waals surface area contributed by atoms with Gasteiger partial charge < -0.3 is 5.32 Å². The van der Waals surface area contributed by atoms with Gasteiger partial charge in [0.1, 0.15) is 0 Å². The van der Waals surface area contributed by atoms with Crippen molar-refractivity contribution in [1.82, 2.24) is 5.32 Å². The molecule has 0 saturated heterocycles. The number of halogens is 1. The van der Waals surface area contributed by atoms with E-state index in [2.05, 4.69) is 44.3 Å². The molecule has 0 aliphatic heterocycles. The molecular formula is C17H26ClN. The lowest BCUT2D eigenvalue weighted by Gasteiger charge is -2.37. The summed E-state index contributed by atoms with van der Waals surface area (Å²) >= 11 is 6.15. The molecule has 1 nitrogen and oxygen atoms in total. The quantitative estimate of drug-likeness (QED) is 0.812. The van der Waals surface area contributed by atoms with Crippen molar-refractivity contribution in [3.8, 4) is 0 Å². The van der Waals surface area contributed by atoms with E-state index in [0.717, 1.165) is 29.3 Å². The minimum absolute atomic E-state index is 0.457. The summed E-state index contributed by atoms with van der Waals surface area (Å²) < 4.78 is 0. The zero-order chi connectivity index (χ0) is 13.8. The van der Waals surface area contributed by atoms with Gasteiger partial charge in [0, 0.05) is 11.1 Å². The summed E-state index contributed by atoms with van der Waals surface area (Å²) in [7, 11) is 0. The summed E-state index contributed by atoms with van der Waals surface area (Å²) in [5.41, 5.74) is 1.35. The van der Waals surface area contributed by atoms with Gasteiger partial charge in [-0.15, -0.1) is 0 Å². The van der Waals surface area contributed by atoms with Crippen molar-refractivity contribution in [2.24, 2.45) is 17.8 Å². The highest BCUT2D eigenvalue weighted by Crippen LogP contribution is 2.40. The molecule has 4 unspecified atom stereocenters. The molecule has 1 aliphatic rings. The van der Waals surface area contributed by atoms with Crippen LogP contribution >= 0.6 is 11.6 Å². The van der Waals surface area contributed by atoms with E-state index in [1.165, 1.54) is 24.8 Å². The van der Waals surface area contributed by atoms with Gasteiger partial charge in [-0.2, -0.15) is 0 Å². The van der Waals surface area contributed by atoms with Gasteiger partial charge in [-0.3, -0.25) is 0 Å². The number of hydrogen-bond donors (Lipinski definition) is 1. The van der Waals surface area contributed by atoms with Crippen LogP contribution in [0.3, 0.4) is 0 Å². The van der Waals surface area contributed by atoms with E-state index in [1.54, 1.807) is 0 Å². The lowest BCUT2D eigenvalue weighted by atomic mass is 9.72. The monoisotopic (exact) mass is 279 g/mol. The Kier molecular flexibility index (Phi) is 5.29. The molecule has 19 heavy (non-hydrogen) atoms. The molecule has 1 aromatic rings. The van der Waals surface area contributed by atoms with Gasteiger partial charge in [-0.1, -0.05) is 50.9 Å². The van der Waals surface area contributed by atoms with Crippen LogP contribution in [0.4, 0.5) is 0 Å². The molecule has 1 aliphatic carbocycles. The minimum atomic E-state index is 0.457.